The van der Waals surface area contributed by atoms with Gasteiger partial charge in [0, 0.05) is 18.0 Å². The predicted molar refractivity (Wildman–Crippen MR) is 117 cm³/mol. The van der Waals surface area contributed by atoms with E-state index < -0.39 is 23.9 Å². The molecule has 0 bridgehead atoms. The van der Waals surface area contributed by atoms with Crippen molar-refractivity contribution in [1.82, 2.24) is 9.88 Å². The molecule has 0 saturated carbocycles. The second-order valence-corrected chi connectivity index (χ2v) is 8.09. The molecule has 166 valence electrons. The molecular weight excluding hydrogens is 440 g/mol. The van der Waals surface area contributed by atoms with E-state index in [0.717, 1.165) is 0 Å². The number of pyridine rings is 1. The summed E-state index contributed by atoms with van der Waals surface area (Å²) in [5, 5.41) is 13.3. The van der Waals surface area contributed by atoms with Crippen molar-refractivity contribution in [2.24, 2.45) is 0 Å². The zero-order valence-corrected chi connectivity index (χ0v) is 17.6. The van der Waals surface area contributed by atoms with Crippen LogP contribution in [0, 0.1) is 5.82 Å². The van der Waals surface area contributed by atoms with Gasteiger partial charge in [0.15, 0.2) is 0 Å². The van der Waals surface area contributed by atoms with Gasteiger partial charge < -0.3 is 15.3 Å². The lowest BCUT2D eigenvalue weighted by Crippen LogP contribution is -2.38. The minimum atomic E-state index is -1.14. The lowest BCUT2D eigenvalue weighted by molar-refractivity contribution is -0.132. The predicted octanol–water partition coefficient (Wildman–Crippen LogP) is 3.75. The Bertz CT molecular complexity index is 1190. The number of amides is 2. The van der Waals surface area contributed by atoms with Gasteiger partial charge in [0.05, 0.1) is 36.3 Å². The molecule has 2 aromatic carbocycles. The third-order valence-corrected chi connectivity index (χ3v) is 5.79. The van der Waals surface area contributed by atoms with Crippen LogP contribution in [0.4, 0.5) is 14.5 Å². The van der Waals surface area contributed by atoms with E-state index in [1.54, 1.807) is 30.3 Å². The number of benzene rings is 2. The number of anilines is 1. The van der Waals surface area contributed by atoms with Crippen LogP contribution in [0.25, 0.3) is 10.8 Å². The molecule has 4 rings (SSSR count). The van der Waals surface area contributed by atoms with Gasteiger partial charge in [-0.1, -0.05) is 23.7 Å². The molecule has 2 atom stereocenters. The summed E-state index contributed by atoms with van der Waals surface area (Å²) >= 11 is 6.31. The number of nitrogens with zero attached hydrogens (tertiary/aromatic N) is 2. The monoisotopic (exact) mass is 459 g/mol. The highest BCUT2D eigenvalue weighted by Gasteiger charge is 2.34. The molecule has 1 saturated heterocycles. The van der Waals surface area contributed by atoms with E-state index in [0.29, 0.717) is 22.0 Å². The molecule has 1 aromatic heterocycles. The van der Waals surface area contributed by atoms with Crippen LogP contribution in [-0.4, -0.2) is 52.2 Å². The Kier molecular flexibility index (Phi) is 6.34. The summed E-state index contributed by atoms with van der Waals surface area (Å²) in [6, 6.07) is 10.00. The standard InChI is InChI=1S/C23H20ClF2N3O3/c24-19-7-13(8-21(31)29-11-16(26)9-17(29)12-30)1-4-20(19)28-23(32)22-18-10-15(25)3-2-14(18)5-6-27-22/h1-7,10,16-17,30H,8-9,11-12H2,(H,28,32)/t16-,17-/m0/s1. The van der Waals surface area contributed by atoms with Gasteiger partial charge in [0.2, 0.25) is 5.91 Å². The van der Waals surface area contributed by atoms with Crippen LogP contribution in [0.3, 0.4) is 0 Å². The van der Waals surface area contributed by atoms with Crippen molar-refractivity contribution in [2.75, 3.05) is 18.5 Å². The normalized spacial score (nSPS) is 18.2. The maximum Gasteiger partial charge on any atom is 0.274 e. The molecule has 32 heavy (non-hydrogen) atoms. The van der Waals surface area contributed by atoms with E-state index in [2.05, 4.69) is 10.3 Å². The summed E-state index contributed by atoms with van der Waals surface area (Å²) in [4.78, 5) is 30.7. The second kappa shape index (κ2) is 9.18. The Morgan fingerprint density at radius 3 is 2.78 bits per heavy atom. The van der Waals surface area contributed by atoms with E-state index in [4.69, 9.17) is 11.6 Å². The maximum absolute atomic E-state index is 13.7. The van der Waals surface area contributed by atoms with Crippen LogP contribution in [0.2, 0.25) is 5.02 Å². The topological polar surface area (TPSA) is 82.5 Å². The number of rotatable bonds is 5. The van der Waals surface area contributed by atoms with Crippen molar-refractivity contribution in [3.05, 3.63) is 70.8 Å². The molecule has 0 unspecified atom stereocenters. The molecule has 0 aliphatic carbocycles. The van der Waals surface area contributed by atoms with Crippen LogP contribution in [-0.2, 0) is 11.2 Å². The summed E-state index contributed by atoms with van der Waals surface area (Å²) in [6.45, 7) is -0.325. The Labute approximate surface area is 187 Å². The first kappa shape index (κ1) is 22.1. The largest absolute Gasteiger partial charge is 0.394 e. The number of hydrogen-bond donors (Lipinski definition) is 2. The number of aliphatic hydroxyl groups excluding tert-OH is 1. The first-order valence-corrected chi connectivity index (χ1v) is 10.4. The number of carbonyl (C=O) groups excluding carboxylic acids is 2. The molecule has 9 heteroatoms. The third-order valence-electron chi connectivity index (χ3n) is 5.47. The molecule has 1 aliphatic rings. The molecule has 0 radical (unpaired) electrons. The highest BCUT2D eigenvalue weighted by Crippen LogP contribution is 2.27. The Balaban J connectivity index is 1.49. The molecular formula is C23H20ClF2N3O3. The molecule has 1 fully saturated rings. The molecule has 2 N–H and O–H groups in total. The molecule has 3 aromatic rings. The average Bonchev–Trinajstić information content (AvgIpc) is 3.16. The van der Waals surface area contributed by atoms with Crippen molar-refractivity contribution in [1.29, 1.82) is 0 Å². The first-order chi connectivity index (χ1) is 15.4. The van der Waals surface area contributed by atoms with E-state index in [9.17, 15) is 23.5 Å². The summed E-state index contributed by atoms with van der Waals surface area (Å²) in [7, 11) is 0. The van der Waals surface area contributed by atoms with Gasteiger partial charge in [-0.2, -0.15) is 0 Å². The SMILES string of the molecule is O=C(Nc1ccc(CC(=O)N2C[C@@H](F)C[C@H]2CO)cc1Cl)c1nccc2ccc(F)cc12. The van der Waals surface area contributed by atoms with E-state index >= 15 is 0 Å². The lowest BCUT2D eigenvalue weighted by Gasteiger charge is -2.22. The number of alkyl halides is 1. The Hall–Kier alpha value is -3.10. The lowest BCUT2D eigenvalue weighted by atomic mass is 10.1. The first-order valence-electron chi connectivity index (χ1n) is 10.0. The third kappa shape index (κ3) is 4.56. The number of carbonyl (C=O) groups is 2. The highest BCUT2D eigenvalue weighted by atomic mass is 35.5. The van der Waals surface area contributed by atoms with Crippen LogP contribution in [0.1, 0.15) is 22.5 Å². The summed E-state index contributed by atoms with van der Waals surface area (Å²) in [6.07, 6.45) is 0.431. The van der Waals surface area contributed by atoms with Crippen molar-refractivity contribution in [3.8, 4) is 0 Å². The molecule has 2 amide bonds. The zero-order valence-electron chi connectivity index (χ0n) is 16.9. The van der Waals surface area contributed by atoms with E-state index in [-0.39, 0.29) is 42.6 Å². The van der Waals surface area contributed by atoms with E-state index in [1.165, 1.54) is 23.2 Å². The molecule has 1 aliphatic heterocycles. The van der Waals surface area contributed by atoms with Crippen molar-refractivity contribution in [2.45, 2.75) is 25.1 Å². The fraction of sp³-hybridized carbons (Fsp3) is 0.261. The Morgan fingerprint density at radius 1 is 1.22 bits per heavy atom. The number of hydrogen-bond acceptors (Lipinski definition) is 4. The fourth-order valence-corrected chi connectivity index (χ4v) is 4.14. The van der Waals surface area contributed by atoms with Crippen molar-refractivity contribution in [3.63, 3.8) is 0 Å². The quantitative estimate of drug-likeness (QED) is 0.608. The second-order valence-electron chi connectivity index (χ2n) is 7.69. The van der Waals surface area contributed by atoms with Gasteiger partial charge >= 0.3 is 0 Å². The van der Waals surface area contributed by atoms with Crippen LogP contribution < -0.4 is 5.32 Å². The molecule has 0 spiro atoms. The smallest absolute Gasteiger partial charge is 0.274 e. The highest BCUT2D eigenvalue weighted by molar-refractivity contribution is 6.34. The molecule has 6 nitrogen and oxygen atoms in total. The summed E-state index contributed by atoms with van der Waals surface area (Å²) in [5.41, 5.74) is 0.950. The maximum atomic E-state index is 13.7. The number of aromatic nitrogens is 1. The number of halogens is 3. The minimum absolute atomic E-state index is 0.0126. The Morgan fingerprint density at radius 2 is 2.03 bits per heavy atom. The number of aliphatic hydroxyl groups is 1. The summed E-state index contributed by atoms with van der Waals surface area (Å²) in [5.74, 6) is -1.34. The zero-order chi connectivity index (χ0) is 22.8. The van der Waals surface area contributed by atoms with Gasteiger partial charge in [-0.3, -0.25) is 14.6 Å². The summed E-state index contributed by atoms with van der Waals surface area (Å²) < 4.78 is 27.3. The number of fused-ring (bicyclic) bond motifs is 1. The van der Waals surface area contributed by atoms with Crippen molar-refractivity contribution >= 4 is 39.9 Å². The van der Waals surface area contributed by atoms with Gasteiger partial charge in [-0.15, -0.1) is 0 Å². The average molecular weight is 460 g/mol. The van der Waals surface area contributed by atoms with Crippen LogP contribution in [0.5, 0.6) is 0 Å². The van der Waals surface area contributed by atoms with Gasteiger partial charge in [0.1, 0.15) is 17.7 Å². The molecule has 2 heterocycles. The van der Waals surface area contributed by atoms with Crippen molar-refractivity contribution < 1.29 is 23.5 Å². The number of nitrogens with one attached hydrogen (secondary N) is 1. The van der Waals surface area contributed by atoms with Gasteiger partial charge in [-0.25, -0.2) is 8.78 Å². The van der Waals surface area contributed by atoms with Gasteiger partial charge in [-0.05, 0) is 41.3 Å². The van der Waals surface area contributed by atoms with Crippen LogP contribution >= 0.6 is 11.6 Å². The fourth-order valence-electron chi connectivity index (χ4n) is 3.89. The number of likely N-dealkylation sites (tertiary alicyclic amines) is 1. The van der Waals surface area contributed by atoms with Crippen LogP contribution in [0.15, 0.2) is 48.7 Å². The van der Waals surface area contributed by atoms with Gasteiger partial charge in [0.25, 0.3) is 5.91 Å². The van der Waals surface area contributed by atoms with E-state index in [1.807, 2.05) is 0 Å². The minimum Gasteiger partial charge on any atom is -0.394 e.